The van der Waals surface area contributed by atoms with E-state index in [9.17, 15) is 4.79 Å². The molecule has 1 aromatic heterocycles. The van der Waals surface area contributed by atoms with Gasteiger partial charge in [0.05, 0.1) is 5.56 Å². The Balaban J connectivity index is 1.61. The van der Waals surface area contributed by atoms with E-state index in [4.69, 9.17) is 0 Å². The van der Waals surface area contributed by atoms with Crippen molar-refractivity contribution < 1.29 is 4.79 Å². The van der Waals surface area contributed by atoms with Gasteiger partial charge in [-0.05, 0) is 48.4 Å². The first kappa shape index (κ1) is 17.2. The number of benzene rings is 2. The van der Waals surface area contributed by atoms with Crippen LogP contribution < -0.4 is 10.6 Å². The second-order valence-electron chi connectivity index (χ2n) is 5.69. The molecular formula is C20H18BrN3O. The lowest BCUT2D eigenvalue weighted by atomic mass is 10.2. The van der Waals surface area contributed by atoms with Crippen LogP contribution >= 0.6 is 15.9 Å². The van der Waals surface area contributed by atoms with Gasteiger partial charge in [0, 0.05) is 22.9 Å². The highest BCUT2D eigenvalue weighted by Crippen LogP contribution is 2.20. The normalized spacial score (nSPS) is 10.3. The Morgan fingerprint density at radius 3 is 2.56 bits per heavy atom. The number of pyridine rings is 1. The molecule has 3 rings (SSSR count). The number of amides is 1. The smallest absolute Gasteiger partial charge is 0.257 e. The molecule has 0 unspecified atom stereocenters. The lowest BCUT2D eigenvalue weighted by molar-refractivity contribution is 0.102. The lowest BCUT2D eigenvalue weighted by Gasteiger charge is -2.08. The van der Waals surface area contributed by atoms with Crippen molar-refractivity contribution in [2.24, 2.45) is 0 Å². The van der Waals surface area contributed by atoms with Crippen molar-refractivity contribution in [1.29, 1.82) is 0 Å². The lowest BCUT2D eigenvalue weighted by Crippen LogP contribution is -2.12. The molecule has 0 aliphatic rings. The second kappa shape index (κ2) is 7.94. The fourth-order valence-electron chi connectivity index (χ4n) is 2.35. The Bertz CT molecular complexity index is 864. The summed E-state index contributed by atoms with van der Waals surface area (Å²) < 4.78 is 1.01. The quantitative estimate of drug-likeness (QED) is 0.637. The number of aromatic nitrogens is 1. The summed E-state index contributed by atoms with van der Waals surface area (Å²) in [6.07, 6.45) is 1.58. The average molecular weight is 396 g/mol. The van der Waals surface area contributed by atoms with E-state index < -0.39 is 0 Å². The monoisotopic (exact) mass is 395 g/mol. The SMILES string of the molecule is Cc1cc(NC(=O)c2ccc(NCc3ccccc3)nc2)ccc1Br. The third-order valence-electron chi connectivity index (χ3n) is 3.76. The topological polar surface area (TPSA) is 54.0 Å². The first-order valence-corrected chi connectivity index (χ1v) is 8.72. The maximum Gasteiger partial charge on any atom is 0.257 e. The molecule has 0 fully saturated rings. The van der Waals surface area contributed by atoms with Gasteiger partial charge in [0.2, 0.25) is 0 Å². The van der Waals surface area contributed by atoms with E-state index >= 15 is 0 Å². The van der Waals surface area contributed by atoms with Crippen molar-refractivity contribution >= 4 is 33.3 Å². The van der Waals surface area contributed by atoms with Gasteiger partial charge in [-0.15, -0.1) is 0 Å². The molecule has 0 spiro atoms. The molecule has 0 atom stereocenters. The summed E-state index contributed by atoms with van der Waals surface area (Å²) in [6.45, 7) is 2.67. The second-order valence-corrected chi connectivity index (χ2v) is 6.54. The first-order valence-electron chi connectivity index (χ1n) is 7.93. The number of anilines is 2. The van der Waals surface area contributed by atoms with Crippen LogP contribution in [0.4, 0.5) is 11.5 Å². The number of rotatable bonds is 5. The molecule has 2 aromatic carbocycles. The third-order valence-corrected chi connectivity index (χ3v) is 4.65. The van der Waals surface area contributed by atoms with Crippen molar-refractivity contribution in [2.75, 3.05) is 10.6 Å². The van der Waals surface area contributed by atoms with E-state index in [0.717, 1.165) is 21.5 Å². The van der Waals surface area contributed by atoms with Gasteiger partial charge in [-0.3, -0.25) is 4.79 Å². The van der Waals surface area contributed by atoms with E-state index in [-0.39, 0.29) is 5.91 Å². The van der Waals surface area contributed by atoms with E-state index in [1.165, 1.54) is 5.56 Å². The number of carbonyl (C=O) groups is 1. The minimum Gasteiger partial charge on any atom is -0.366 e. The van der Waals surface area contributed by atoms with Crippen molar-refractivity contribution in [3.05, 3.63) is 88.0 Å². The molecule has 126 valence electrons. The third kappa shape index (κ3) is 4.67. The van der Waals surface area contributed by atoms with Crippen LogP contribution in [0.5, 0.6) is 0 Å². The highest BCUT2D eigenvalue weighted by atomic mass is 79.9. The van der Waals surface area contributed by atoms with Crippen LogP contribution in [0.3, 0.4) is 0 Å². The van der Waals surface area contributed by atoms with Crippen LogP contribution in [-0.2, 0) is 6.54 Å². The van der Waals surface area contributed by atoms with Gasteiger partial charge in [-0.1, -0.05) is 46.3 Å². The fraction of sp³-hybridized carbons (Fsp3) is 0.100. The number of nitrogens with one attached hydrogen (secondary N) is 2. The summed E-state index contributed by atoms with van der Waals surface area (Å²) in [7, 11) is 0. The molecular weight excluding hydrogens is 378 g/mol. The van der Waals surface area contributed by atoms with Crippen LogP contribution in [0, 0.1) is 6.92 Å². The first-order chi connectivity index (χ1) is 12.1. The Labute approximate surface area is 155 Å². The Hall–Kier alpha value is -2.66. The molecule has 0 bridgehead atoms. The van der Waals surface area contributed by atoms with Gasteiger partial charge in [-0.25, -0.2) is 4.98 Å². The summed E-state index contributed by atoms with van der Waals surface area (Å²) in [5.74, 6) is 0.559. The zero-order chi connectivity index (χ0) is 17.6. The zero-order valence-electron chi connectivity index (χ0n) is 13.8. The van der Waals surface area contributed by atoms with Crippen LogP contribution in [0.1, 0.15) is 21.5 Å². The van der Waals surface area contributed by atoms with Gasteiger partial charge >= 0.3 is 0 Å². The summed E-state index contributed by atoms with van der Waals surface area (Å²) in [6, 6.07) is 19.4. The maximum absolute atomic E-state index is 12.3. The van der Waals surface area contributed by atoms with Gasteiger partial charge in [0.15, 0.2) is 0 Å². The minimum absolute atomic E-state index is 0.177. The van der Waals surface area contributed by atoms with Crippen LogP contribution in [0.25, 0.3) is 0 Å². The number of hydrogen-bond acceptors (Lipinski definition) is 3. The molecule has 3 aromatic rings. The largest absolute Gasteiger partial charge is 0.366 e. The van der Waals surface area contributed by atoms with Crippen molar-refractivity contribution in [3.63, 3.8) is 0 Å². The average Bonchev–Trinajstić information content (AvgIpc) is 2.64. The summed E-state index contributed by atoms with van der Waals surface area (Å²) >= 11 is 3.45. The predicted octanol–water partition coefficient (Wildman–Crippen LogP) is 5.02. The van der Waals surface area contributed by atoms with E-state index in [2.05, 4.69) is 43.7 Å². The minimum atomic E-state index is -0.177. The summed E-state index contributed by atoms with van der Waals surface area (Å²) in [5, 5.41) is 6.13. The van der Waals surface area contributed by atoms with E-state index in [0.29, 0.717) is 12.1 Å². The number of halogens is 1. The highest BCUT2D eigenvalue weighted by Gasteiger charge is 2.07. The predicted molar refractivity (Wildman–Crippen MR) is 105 cm³/mol. The molecule has 1 heterocycles. The van der Waals surface area contributed by atoms with Gasteiger partial charge in [-0.2, -0.15) is 0 Å². The number of hydrogen-bond donors (Lipinski definition) is 2. The highest BCUT2D eigenvalue weighted by molar-refractivity contribution is 9.10. The molecule has 1 amide bonds. The molecule has 0 aliphatic carbocycles. The zero-order valence-corrected chi connectivity index (χ0v) is 15.4. The van der Waals surface area contributed by atoms with Crippen LogP contribution in [0.2, 0.25) is 0 Å². The Morgan fingerprint density at radius 2 is 1.88 bits per heavy atom. The standard InChI is InChI=1S/C20H18BrN3O/c1-14-11-17(8-9-18(14)21)24-20(25)16-7-10-19(23-13-16)22-12-15-5-3-2-4-6-15/h2-11,13H,12H2,1H3,(H,22,23)(H,24,25). The molecule has 2 N–H and O–H groups in total. The van der Waals surface area contributed by atoms with Gasteiger partial charge in [0.1, 0.15) is 5.82 Å². The molecule has 0 aliphatic heterocycles. The van der Waals surface area contributed by atoms with Gasteiger partial charge in [0.25, 0.3) is 5.91 Å². The van der Waals surface area contributed by atoms with Crippen LogP contribution in [-0.4, -0.2) is 10.9 Å². The molecule has 5 heteroatoms. The van der Waals surface area contributed by atoms with E-state index in [1.807, 2.05) is 49.4 Å². The maximum atomic E-state index is 12.3. The summed E-state index contributed by atoms with van der Waals surface area (Å²) in [5.41, 5.74) is 3.52. The molecule has 0 radical (unpaired) electrons. The van der Waals surface area contributed by atoms with Crippen molar-refractivity contribution in [2.45, 2.75) is 13.5 Å². The molecule has 0 saturated heterocycles. The summed E-state index contributed by atoms with van der Waals surface area (Å²) in [4.78, 5) is 16.6. The van der Waals surface area contributed by atoms with E-state index in [1.54, 1.807) is 12.3 Å². The molecule has 0 saturated carbocycles. The molecule has 4 nitrogen and oxygen atoms in total. The number of nitrogens with zero attached hydrogens (tertiary/aromatic N) is 1. The molecule has 25 heavy (non-hydrogen) atoms. The van der Waals surface area contributed by atoms with Crippen molar-refractivity contribution in [1.82, 2.24) is 4.98 Å². The van der Waals surface area contributed by atoms with Crippen molar-refractivity contribution in [3.8, 4) is 0 Å². The Morgan fingerprint density at radius 1 is 1.08 bits per heavy atom. The van der Waals surface area contributed by atoms with Crippen LogP contribution in [0.15, 0.2) is 71.3 Å². The number of carbonyl (C=O) groups excluding carboxylic acids is 1. The van der Waals surface area contributed by atoms with Gasteiger partial charge < -0.3 is 10.6 Å². The fourth-order valence-corrected chi connectivity index (χ4v) is 2.59. The Kier molecular flexibility index (Phi) is 5.46. The number of aryl methyl sites for hydroxylation is 1.